The zero-order valence-corrected chi connectivity index (χ0v) is 10.6. The molecular formula is C12H13ClFN3O. The summed E-state index contributed by atoms with van der Waals surface area (Å²) < 4.78 is 20.5. The summed E-state index contributed by atoms with van der Waals surface area (Å²) in [5.74, 6) is 0.150. The van der Waals surface area contributed by atoms with E-state index in [2.05, 4.69) is 10.3 Å². The number of methoxy groups -OCH3 is 1. The molecule has 0 saturated carbocycles. The third-order valence-corrected chi connectivity index (χ3v) is 2.66. The van der Waals surface area contributed by atoms with Gasteiger partial charge in [0.15, 0.2) is 0 Å². The summed E-state index contributed by atoms with van der Waals surface area (Å²) in [5.41, 5.74) is 0.337. The maximum Gasteiger partial charge on any atom is 0.207 e. The molecule has 1 aromatic carbocycles. The van der Waals surface area contributed by atoms with Crippen molar-refractivity contribution in [1.82, 2.24) is 9.55 Å². The second-order valence-electron chi connectivity index (χ2n) is 3.69. The van der Waals surface area contributed by atoms with E-state index in [1.165, 1.54) is 6.07 Å². The summed E-state index contributed by atoms with van der Waals surface area (Å²) >= 11 is 5.69. The third-order valence-electron chi connectivity index (χ3n) is 2.43. The van der Waals surface area contributed by atoms with Crippen LogP contribution in [0, 0.1) is 5.82 Å². The number of nitrogens with zero attached hydrogens (tertiary/aromatic N) is 2. The van der Waals surface area contributed by atoms with Crippen molar-refractivity contribution in [1.29, 1.82) is 0 Å². The lowest BCUT2D eigenvalue weighted by Gasteiger charge is -2.10. The minimum absolute atomic E-state index is 0.337. The Morgan fingerprint density at radius 1 is 1.50 bits per heavy atom. The van der Waals surface area contributed by atoms with Crippen LogP contribution in [0.25, 0.3) is 0 Å². The first kappa shape index (κ1) is 12.9. The highest BCUT2D eigenvalue weighted by Crippen LogP contribution is 2.22. The van der Waals surface area contributed by atoms with Gasteiger partial charge in [0.1, 0.15) is 5.82 Å². The Hall–Kier alpha value is -1.59. The first-order valence-electron chi connectivity index (χ1n) is 5.43. The predicted molar refractivity (Wildman–Crippen MR) is 68.8 cm³/mol. The number of anilines is 2. The zero-order chi connectivity index (χ0) is 13.0. The van der Waals surface area contributed by atoms with Crippen molar-refractivity contribution >= 4 is 23.2 Å². The van der Waals surface area contributed by atoms with Gasteiger partial charge in [-0.15, -0.1) is 0 Å². The molecule has 4 nitrogen and oxygen atoms in total. The first-order chi connectivity index (χ1) is 8.70. The maximum absolute atomic E-state index is 13.6. The van der Waals surface area contributed by atoms with Gasteiger partial charge in [-0.1, -0.05) is 11.6 Å². The molecule has 0 aliphatic rings. The highest BCUT2D eigenvalue weighted by Gasteiger charge is 2.07. The van der Waals surface area contributed by atoms with Crippen molar-refractivity contribution in [2.24, 2.45) is 0 Å². The summed E-state index contributed by atoms with van der Waals surface area (Å²) in [7, 11) is 1.63. The Kier molecular flexibility index (Phi) is 4.17. The van der Waals surface area contributed by atoms with Gasteiger partial charge in [0.05, 0.1) is 12.3 Å². The normalized spacial score (nSPS) is 10.6. The van der Waals surface area contributed by atoms with Crippen molar-refractivity contribution in [3.05, 3.63) is 41.4 Å². The minimum atomic E-state index is -0.413. The van der Waals surface area contributed by atoms with E-state index in [0.29, 0.717) is 29.8 Å². The van der Waals surface area contributed by atoms with E-state index in [4.69, 9.17) is 16.3 Å². The Labute approximate surface area is 109 Å². The molecule has 0 bridgehead atoms. The molecule has 0 fully saturated rings. The lowest BCUT2D eigenvalue weighted by Crippen LogP contribution is -2.07. The van der Waals surface area contributed by atoms with Crippen molar-refractivity contribution in [3.63, 3.8) is 0 Å². The quantitative estimate of drug-likeness (QED) is 0.907. The Bertz CT molecular complexity index is 530. The number of aromatic nitrogens is 2. The summed E-state index contributed by atoms with van der Waals surface area (Å²) in [6, 6.07) is 4.45. The number of benzene rings is 1. The number of nitrogens with one attached hydrogen (secondary N) is 1. The molecule has 1 N–H and O–H groups in total. The van der Waals surface area contributed by atoms with E-state index in [9.17, 15) is 4.39 Å². The second-order valence-corrected chi connectivity index (χ2v) is 4.12. The molecule has 2 aromatic rings. The minimum Gasteiger partial charge on any atom is -0.383 e. The molecule has 1 aromatic heterocycles. The molecule has 0 unspecified atom stereocenters. The average molecular weight is 270 g/mol. The fourth-order valence-corrected chi connectivity index (χ4v) is 1.67. The van der Waals surface area contributed by atoms with Crippen LogP contribution in [0.1, 0.15) is 0 Å². The van der Waals surface area contributed by atoms with Crippen molar-refractivity contribution in [2.45, 2.75) is 6.54 Å². The monoisotopic (exact) mass is 269 g/mol. The summed E-state index contributed by atoms with van der Waals surface area (Å²) in [5, 5.41) is 3.28. The topological polar surface area (TPSA) is 39.1 Å². The number of hydrogen-bond acceptors (Lipinski definition) is 3. The number of halogens is 2. The van der Waals surface area contributed by atoms with E-state index < -0.39 is 5.82 Å². The van der Waals surface area contributed by atoms with Crippen molar-refractivity contribution in [2.75, 3.05) is 19.0 Å². The van der Waals surface area contributed by atoms with Crippen LogP contribution in [0.3, 0.4) is 0 Å². The molecule has 0 aliphatic carbocycles. The van der Waals surface area contributed by atoms with E-state index in [-0.39, 0.29) is 0 Å². The van der Waals surface area contributed by atoms with Gasteiger partial charge in [0.2, 0.25) is 5.95 Å². The summed E-state index contributed by atoms with van der Waals surface area (Å²) in [6.07, 6.45) is 3.45. The van der Waals surface area contributed by atoms with Crippen LogP contribution in [-0.4, -0.2) is 23.3 Å². The summed E-state index contributed by atoms with van der Waals surface area (Å²) in [6.45, 7) is 1.21. The van der Waals surface area contributed by atoms with Crippen LogP contribution in [-0.2, 0) is 11.3 Å². The van der Waals surface area contributed by atoms with Crippen LogP contribution < -0.4 is 5.32 Å². The Morgan fingerprint density at radius 3 is 3.06 bits per heavy atom. The SMILES string of the molecule is COCCn1ccnc1Nc1ccc(Cl)cc1F. The fourth-order valence-electron chi connectivity index (χ4n) is 1.51. The van der Waals surface area contributed by atoms with Gasteiger partial charge < -0.3 is 14.6 Å². The van der Waals surface area contributed by atoms with Crippen LogP contribution in [0.2, 0.25) is 5.02 Å². The molecule has 0 spiro atoms. The van der Waals surface area contributed by atoms with Crippen LogP contribution in [0.4, 0.5) is 16.0 Å². The van der Waals surface area contributed by atoms with Crippen LogP contribution in [0.15, 0.2) is 30.6 Å². The van der Waals surface area contributed by atoms with Crippen molar-refractivity contribution in [3.8, 4) is 0 Å². The van der Waals surface area contributed by atoms with E-state index in [0.717, 1.165) is 0 Å². The van der Waals surface area contributed by atoms with Gasteiger partial charge in [-0.3, -0.25) is 0 Å². The standard InChI is InChI=1S/C12H13ClFN3O/c1-18-7-6-17-5-4-15-12(17)16-11-3-2-9(13)8-10(11)14/h2-5,8H,6-7H2,1H3,(H,15,16). The smallest absolute Gasteiger partial charge is 0.207 e. The van der Waals surface area contributed by atoms with Gasteiger partial charge in [0, 0.05) is 31.1 Å². The predicted octanol–water partition coefficient (Wildman–Crippen LogP) is 3.07. The lowest BCUT2D eigenvalue weighted by molar-refractivity contribution is 0.188. The first-order valence-corrected chi connectivity index (χ1v) is 5.80. The van der Waals surface area contributed by atoms with E-state index in [1.807, 2.05) is 4.57 Å². The zero-order valence-electron chi connectivity index (χ0n) is 9.86. The average Bonchev–Trinajstić information content (AvgIpc) is 2.77. The van der Waals surface area contributed by atoms with Gasteiger partial charge in [-0.05, 0) is 18.2 Å². The number of ether oxygens (including phenoxy) is 1. The Balaban J connectivity index is 2.15. The maximum atomic E-state index is 13.6. The van der Waals surface area contributed by atoms with Crippen molar-refractivity contribution < 1.29 is 9.13 Å². The largest absolute Gasteiger partial charge is 0.383 e. The molecule has 1 heterocycles. The molecule has 0 saturated heterocycles. The fraction of sp³-hybridized carbons (Fsp3) is 0.250. The molecule has 0 atom stereocenters. The van der Waals surface area contributed by atoms with Gasteiger partial charge in [-0.2, -0.15) is 0 Å². The highest BCUT2D eigenvalue weighted by atomic mass is 35.5. The number of imidazole rings is 1. The molecule has 18 heavy (non-hydrogen) atoms. The van der Waals surface area contributed by atoms with Gasteiger partial charge in [-0.25, -0.2) is 9.37 Å². The number of hydrogen-bond donors (Lipinski definition) is 1. The molecule has 0 radical (unpaired) electrons. The molecule has 0 amide bonds. The molecule has 6 heteroatoms. The van der Waals surface area contributed by atoms with E-state index in [1.54, 1.807) is 31.6 Å². The lowest BCUT2D eigenvalue weighted by atomic mass is 10.3. The molecular weight excluding hydrogens is 257 g/mol. The Morgan fingerprint density at radius 2 is 2.33 bits per heavy atom. The van der Waals surface area contributed by atoms with Gasteiger partial charge in [0.25, 0.3) is 0 Å². The van der Waals surface area contributed by atoms with Crippen LogP contribution >= 0.6 is 11.6 Å². The van der Waals surface area contributed by atoms with Crippen LogP contribution in [0.5, 0.6) is 0 Å². The van der Waals surface area contributed by atoms with Gasteiger partial charge >= 0.3 is 0 Å². The third kappa shape index (κ3) is 3.00. The van der Waals surface area contributed by atoms with E-state index >= 15 is 0 Å². The highest BCUT2D eigenvalue weighted by molar-refractivity contribution is 6.30. The molecule has 0 aliphatic heterocycles. The second kappa shape index (κ2) is 5.84. The summed E-state index contributed by atoms with van der Waals surface area (Å²) in [4.78, 5) is 4.12. The molecule has 2 rings (SSSR count). The number of rotatable bonds is 5. The molecule has 96 valence electrons.